The van der Waals surface area contributed by atoms with Crippen molar-refractivity contribution in [1.29, 1.82) is 0 Å². The van der Waals surface area contributed by atoms with E-state index >= 15 is 0 Å². The minimum Gasteiger partial charge on any atom is -0.379 e. The van der Waals surface area contributed by atoms with E-state index in [1.807, 2.05) is 6.92 Å². The van der Waals surface area contributed by atoms with Crippen LogP contribution in [-0.4, -0.2) is 48.5 Å². The van der Waals surface area contributed by atoms with E-state index in [0.29, 0.717) is 18.6 Å². The highest BCUT2D eigenvalue weighted by atomic mass is 33.1. The molecule has 0 spiro atoms. The van der Waals surface area contributed by atoms with Crippen LogP contribution in [0.3, 0.4) is 0 Å². The molecule has 1 aliphatic rings. The summed E-state index contributed by atoms with van der Waals surface area (Å²) in [5.41, 5.74) is 0. The Morgan fingerprint density at radius 1 is 1.48 bits per heavy atom. The van der Waals surface area contributed by atoms with Gasteiger partial charge in [0.25, 0.3) is 0 Å². The first-order valence-electron chi connectivity index (χ1n) is 7.94. The third kappa shape index (κ3) is 8.96. The number of carbonyl (C=O) groups is 1. The molecular weight excluding hydrogens is 304 g/mol. The standard InChI is InChI=1S/C15H30N2O2S2/c1-12(2)19-9-5-7-14-6-4-8-17(10-14)11-15(18)16-13(3)21-20/h12-14,20H,4-11H2,1-3H3,(H,16,18)/t13?,14-/m0/s1. The van der Waals surface area contributed by atoms with Gasteiger partial charge in [0.2, 0.25) is 5.91 Å². The van der Waals surface area contributed by atoms with E-state index in [0.717, 1.165) is 26.1 Å². The lowest BCUT2D eigenvalue weighted by Gasteiger charge is -2.32. The van der Waals surface area contributed by atoms with Gasteiger partial charge in [0.1, 0.15) is 0 Å². The number of thiol groups is 1. The summed E-state index contributed by atoms with van der Waals surface area (Å²) in [6.45, 7) is 9.54. The number of amides is 1. The van der Waals surface area contributed by atoms with Crippen LogP contribution in [0.25, 0.3) is 0 Å². The molecule has 1 amide bonds. The van der Waals surface area contributed by atoms with Crippen LogP contribution in [0.5, 0.6) is 0 Å². The van der Waals surface area contributed by atoms with Crippen molar-refractivity contribution < 1.29 is 9.53 Å². The number of hydrogen-bond acceptors (Lipinski definition) is 5. The summed E-state index contributed by atoms with van der Waals surface area (Å²) in [6, 6.07) is 0. The lowest BCUT2D eigenvalue weighted by molar-refractivity contribution is -0.122. The average molecular weight is 335 g/mol. The van der Waals surface area contributed by atoms with Crippen molar-refractivity contribution in [2.45, 2.75) is 57.9 Å². The Hall–Kier alpha value is 0.0900. The Morgan fingerprint density at radius 2 is 2.24 bits per heavy atom. The van der Waals surface area contributed by atoms with Gasteiger partial charge in [0.05, 0.1) is 18.0 Å². The summed E-state index contributed by atoms with van der Waals surface area (Å²) in [7, 11) is 1.36. The van der Waals surface area contributed by atoms with Crippen molar-refractivity contribution in [2.24, 2.45) is 5.92 Å². The number of likely N-dealkylation sites (tertiary alicyclic amines) is 1. The van der Waals surface area contributed by atoms with E-state index in [1.54, 1.807) is 0 Å². The van der Waals surface area contributed by atoms with Crippen LogP contribution in [-0.2, 0) is 9.53 Å². The molecule has 0 saturated carbocycles. The molecule has 124 valence electrons. The third-order valence-electron chi connectivity index (χ3n) is 3.70. The number of nitrogens with zero attached hydrogens (tertiary/aromatic N) is 1. The molecule has 0 aromatic rings. The predicted octanol–water partition coefficient (Wildman–Crippen LogP) is 2.94. The quantitative estimate of drug-likeness (QED) is 0.294. The van der Waals surface area contributed by atoms with E-state index in [2.05, 4.69) is 35.7 Å². The summed E-state index contributed by atoms with van der Waals surface area (Å²) < 4.78 is 5.59. The summed E-state index contributed by atoms with van der Waals surface area (Å²) in [5, 5.41) is 3.01. The van der Waals surface area contributed by atoms with E-state index in [4.69, 9.17) is 4.74 Å². The number of rotatable bonds is 9. The second-order valence-electron chi connectivity index (χ2n) is 6.12. The lowest BCUT2D eigenvalue weighted by atomic mass is 9.93. The molecule has 1 unspecified atom stereocenters. The molecule has 4 nitrogen and oxygen atoms in total. The zero-order chi connectivity index (χ0) is 15.7. The number of ether oxygens (including phenoxy) is 1. The molecule has 1 saturated heterocycles. The van der Waals surface area contributed by atoms with Crippen LogP contribution in [0.4, 0.5) is 0 Å². The van der Waals surface area contributed by atoms with E-state index in [9.17, 15) is 4.79 Å². The van der Waals surface area contributed by atoms with Crippen LogP contribution in [0.2, 0.25) is 0 Å². The molecule has 1 heterocycles. The summed E-state index contributed by atoms with van der Waals surface area (Å²) in [6.07, 6.45) is 5.12. The van der Waals surface area contributed by atoms with Gasteiger partial charge in [-0.3, -0.25) is 9.69 Å². The minimum absolute atomic E-state index is 0.0644. The van der Waals surface area contributed by atoms with Crippen LogP contribution in [0.1, 0.15) is 46.5 Å². The summed E-state index contributed by atoms with van der Waals surface area (Å²) in [4.78, 5) is 14.2. The van der Waals surface area contributed by atoms with Gasteiger partial charge in [-0.05, 0) is 58.9 Å². The molecule has 0 radical (unpaired) electrons. The highest BCUT2D eigenvalue weighted by Gasteiger charge is 2.21. The number of piperidine rings is 1. The van der Waals surface area contributed by atoms with Gasteiger partial charge < -0.3 is 10.1 Å². The predicted molar refractivity (Wildman–Crippen MR) is 93.7 cm³/mol. The van der Waals surface area contributed by atoms with Crippen molar-refractivity contribution in [2.75, 3.05) is 26.2 Å². The zero-order valence-electron chi connectivity index (χ0n) is 13.5. The Balaban J connectivity index is 2.20. The highest BCUT2D eigenvalue weighted by molar-refractivity contribution is 8.68. The molecular formula is C15H30N2O2S2. The third-order valence-corrected chi connectivity index (χ3v) is 5.08. The van der Waals surface area contributed by atoms with Gasteiger partial charge in [0.15, 0.2) is 0 Å². The maximum Gasteiger partial charge on any atom is 0.235 e. The maximum absolute atomic E-state index is 11.9. The fourth-order valence-corrected chi connectivity index (χ4v) is 3.07. The fraction of sp³-hybridized carbons (Fsp3) is 0.933. The Labute approximate surface area is 138 Å². The Kier molecular flexibility index (Phi) is 9.80. The van der Waals surface area contributed by atoms with Crippen molar-refractivity contribution in [1.82, 2.24) is 10.2 Å². The fourth-order valence-electron chi connectivity index (χ4n) is 2.72. The highest BCUT2D eigenvalue weighted by Crippen LogP contribution is 2.21. The molecule has 1 aliphatic heterocycles. The van der Waals surface area contributed by atoms with E-state index < -0.39 is 0 Å². The normalized spacial score (nSPS) is 21.5. The largest absolute Gasteiger partial charge is 0.379 e. The second kappa shape index (κ2) is 10.8. The molecule has 0 bridgehead atoms. The van der Waals surface area contributed by atoms with Crippen LogP contribution in [0, 0.1) is 5.92 Å². The van der Waals surface area contributed by atoms with Crippen LogP contribution < -0.4 is 5.32 Å². The average Bonchev–Trinajstić information content (AvgIpc) is 2.43. The van der Waals surface area contributed by atoms with Gasteiger partial charge in [-0.2, -0.15) is 0 Å². The molecule has 0 aliphatic carbocycles. The molecule has 1 fully saturated rings. The van der Waals surface area contributed by atoms with Gasteiger partial charge >= 0.3 is 0 Å². The number of carbonyl (C=O) groups excluding carboxylic acids is 1. The molecule has 0 aromatic heterocycles. The number of nitrogens with one attached hydrogen (secondary N) is 1. The van der Waals surface area contributed by atoms with Crippen molar-refractivity contribution in [3.05, 3.63) is 0 Å². The van der Waals surface area contributed by atoms with Gasteiger partial charge in [-0.15, -0.1) is 11.7 Å². The number of hydrogen-bond donors (Lipinski definition) is 2. The van der Waals surface area contributed by atoms with Gasteiger partial charge in [-0.25, -0.2) is 0 Å². The first-order valence-corrected chi connectivity index (χ1v) is 9.88. The smallest absolute Gasteiger partial charge is 0.235 e. The maximum atomic E-state index is 11.9. The lowest BCUT2D eigenvalue weighted by Crippen LogP contribution is -2.44. The minimum atomic E-state index is 0.0644. The molecule has 21 heavy (non-hydrogen) atoms. The SMILES string of the molecule is CC(C)OCCC[C@@H]1CCCN(CC(=O)NC(C)SS)C1. The first kappa shape index (κ1) is 19.1. The molecule has 1 N–H and O–H groups in total. The molecule has 0 aromatic carbocycles. The van der Waals surface area contributed by atoms with Crippen molar-refractivity contribution in [3.8, 4) is 0 Å². The van der Waals surface area contributed by atoms with E-state index in [-0.39, 0.29) is 11.3 Å². The zero-order valence-corrected chi connectivity index (χ0v) is 15.2. The summed E-state index contributed by atoms with van der Waals surface area (Å²) in [5.74, 6) is 0.812. The monoisotopic (exact) mass is 334 g/mol. The van der Waals surface area contributed by atoms with Gasteiger partial charge in [-0.1, -0.05) is 10.8 Å². The first-order chi connectivity index (χ1) is 10.0. The molecule has 2 atom stereocenters. The Morgan fingerprint density at radius 3 is 2.90 bits per heavy atom. The van der Waals surface area contributed by atoms with Crippen molar-refractivity contribution >= 4 is 28.4 Å². The van der Waals surface area contributed by atoms with Crippen molar-refractivity contribution in [3.63, 3.8) is 0 Å². The second-order valence-corrected chi connectivity index (χ2v) is 7.67. The Bertz CT molecular complexity index is 303. The molecule has 1 rings (SSSR count). The summed E-state index contributed by atoms with van der Waals surface area (Å²) >= 11 is 4.11. The van der Waals surface area contributed by atoms with Gasteiger partial charge in [0, 0.05) is 13.2 Å². The molecule has 6 heteroatoms. The van der Waals surface area contributed by atoms with Crippen LogP contribution in [0.15, 0.2) is 0 Å². The topological polar surface area (TPSA) is 41.6 Å². The van der Waals surface area contributed by atoms with E-state index in [1.165, 1.54) is 30.1 Å². The van der Waals surface area contributed by atoms with Crippen LogP contribution >= 0.6 is 22.5 Å².